The third kappa shape index (κ3) is 2.04. The van der Waals surface area contributed by atoms with E-state index in [0.717, 1.165) is 34.7 Å². The number of aromatic amines is 1. The van der Waals surface area contributed by atoms with Crippen molar-refractivity contribution >= 4 is 44.2 Å². The van der Waals surface area contributed by atoms with E-state index in [9.17, 15) is 0 Å². The highest BCUT2D eigenvalue weighted by Gasteiger charge is 2.08. The van der Waals surface area contributed by atoms with E-state index >= 15 is 0 Å². The Balaban J connectivity index is 1.73. The zero-order valence-corrected chi connectivity index (χ0v) is 12.2. The van der Waals surface area contributed by atoms with Crippen molar-refractivity contribution in [3.8, 4) is 0 Å². The maximum absolute atomic E-state index is 4.48. The van der Waals surface area contributed by atoms with E-state index in [1.54, 1.807) is 6.20 Å². The summed E-state index contributed by atoms with van der Waals surface area (Å²) in [5, 5.41) is 11.8. The molecule has 1 aromatic carbocycles. The minimum atomic E-state index is 0.741. The molecule has 0 atom stereocenters. The molecule has 0 saturated heterocycles. The lowest BCUT2D eigenvalue weighted by Gasteiger charge is -2.03. The van der Waals surface area contributed by atoms with Crippen molar-refractivity contribution < 1.29 is 0 Å². The molecule has 3 heterocycles. The number of benzene rings is 1. The van der Waals surface area contributed by atoms with Gasteiger partial charge in [-0.05, 0) is 48.3 Å². The van der Waals surface area contributed by atoms with Crippen LogP contribution in [0.2, 0.25) is 0 Å². The molecule has 21 heavy (non-hydrogen) atoms. The molecule has 0 fully saturated rings. The highest BCUT2D eigenvalue weighted by molar-refractivity contribution is 7.13. The molecule has 0 aliphatic heterocycles. The van der Waals surface area contributed by atoms with Gasteiger partial charge in [-0.1, -0.05) is 6.92 Å². The average Bonchev–Trinajstić information content (AvgIpc) is 3.11. The number of pyridine rings is 1. The first-order chi connectivity index (χ1) is 10.3. The number of aromatic nitrogens is 4. The maximum Gasteiger partial charge on any atom is 0.178 e. The Labute approximate surface area is 125 Å². The van der Waals surface area contributed by atoms with Crippen LogP contribution in [0.25, 0.3) is 21.1 Å². The molecule has 0 unspecified atom stereocenters. The first kappa shape index (κ1) is 12.3. The Morgan fingerprint density at radius 1 is 1.29 bits per heavy atom. The van der Waals surface area contributed by atoms with Gasteiger partial charge in [0.1, 0.15) is 5.52 Å². The number of H-pyrrole nitrogens is 1. The van der Waals surface area contributed by atoms with Gasteiger partial charge in [0.2, 0.25) is 0 Å². The van der Waals surface area contributed by atoms with Crippen molar-refractivity contribution in [2.75, 3.05) is 5.32 Å². The topological polar surface area (TPSA) is 66.5 Å². The van der Waals surface area contributed by atoms with E-state index in [1.165, 1.54) is 21.6 Å². The number of aryl methyl sites for hydroxylation is 1. The first-order valence-corrected chi connectivity index (χ1v) is 7.57. The second-order valence-corrected chi connectivity index (χ2v) is 5.60. The lowest BCUT2D eigenvalue weighted by molar-refractivity contribution is 1.10. The Hall–Kier alpha value is -2.47. The highest BCUT2D eigenvalue weighted by Crippen LogP contribution is 2.28. The van der Waals surface area contributed by atoms with Gasteiger partial charge in [0, 0.05) is 17.3 Å². The van der Waals surface area contributed by atoms with Gasteiger partial charge in [0.25, 0.3) is 0 Å². The van der Waals surface area contributed by atoms with Crippen LogP contribution in [0.5, 0.6) is 0 Å². The summed E-state index contributed by atoms with van der Waals surface area (Å²) in [5.41, 5.74) is 3.92. The number of nitrogens with one attached hydrogen (secondary N) is 2. The minimum absolute atomic E-state index is 0.741. The van der Waals surface area contributed by atoms with Gasteiger partial charge in [-0.15, -0.1) is 0 Å². The van der Waals surface area contributed by atoms with Gasteiger partial charge in [0.15, 0.2) is 5.82 Å². The van der Waals surface area contributed by atoms with E-state index < -0.39 is 0 Å². The molecule has 6 heteroatoms. The lowest BCUT2D eigenvalue weighted by Crippen LogP contribution is -1.91. The fraction of sp³-hybridized carbons (Fsp3) is 0.133. The van der Waals surface area contributed by atoms with Crippen molar-refractivity contribution in [2.45, 2.75) is 13.3 Å². The quantitative estimate of drug-likeness (QED) is 0.602. The van der Waals surface area contributed by atoms with Crippen LogP contribution in [-0.4, -0.2) is 19.6 Å². The zero-order valence-electron chi connectivity index (χ0n) is 11.4. The zero-order chi connectivity index (χ0) is 14.2. The molecule has 5 nitrogen and oxygen atoms in total. The lowest BCUT2D eigenvalue weighted by atomic mass is 10.2. The molecular weight excluding hydrogens is 282 g/mol. The van der Waals surface area contributed by atoms with Gasteiger partial charge >= 0.3 is 0 Å². The number of rotatable bonds is 3. The average molecular weight is 295 g/mol. The molecule has 3 aromatic heterocycles. The summed E-state index contributed by atoms with van der Waals surface area (Å²) in [7, 11) is 0. The van der Waals surface area contributed by atoms with Crippen molar-refractivity contribution in [1.82, 2.24) is 19.6 Å². The number of hydrogen-bond acceptors (Lipinski definition) is 5. The molecule has 0 bridgehead atoms. The Bertz CT molecular complexity index is 924. The minimum Gasteiger partial charge on any atom is -0.337 e. The van der Waals surface area contributed by atoms with E-state index in [1.807, 2.05) is 12.1 Å². The van der Waals surface area contributed by atoms with Crippen LogP contribution in [0.4, 0.5) is 11.5 Å². The molecular formula is C15H13N5S. The second-order valence-electron chi connectivity index (χ2n) is 4.79. The van der Waals surface area contributed by atoms with Gasteiger partial charge in [-0.25, -0.2) is 0 Å². The number of nitrogens with zero attached hydrogens (tertiary/aromatic N) is 3. The summed E-state index contributed by atoms with van der Waals surface area (Å²) in [6, 6.07) is 10.1. The first-order valence-electron chi connectivity index (χ1n) is 6.79. The third-order valence-electron chi connectivity index (χ3n) is 3.46. The summed E-state index contributed by atoms with van der Waals surface area (Å²) in [4.78, 5) is 4.35. The normalized spacial score (nSPS) is 11.3. The summed E-state index contributed by atoms with van der Waals surface area (Å²) < 4.78 is 5.67. The molecule has 0 radical (unpaired) electrons. The molecule has 104 valence electrons. The molecule has 0 aliphatic carbocycles. The van der Waals surface area contributed by atoms with Gasteiger partial charge in [-0.3, -0.25) is 10.1 Å². The van der Waals surface area contributed by atoms with Gasteiger partial charge < -0.3 is 5.32 Å². The molecule has 0 aliphatic rings. The Kier molecular flexibility index (Phi) is 2.82. The maximum atomic E-state index is 4.48. The van der Waals surface area contributed by atoms with Crippen LogP contribution >= 0.6 is 11.5 Å². The predicted octanol–water partition coefficient (Wildman–Crippen LogP) is 3.87. The SMILES string of the molecule is CCc1nsc2cc(Nc3n[nH]c4cccnc34)ccc12. The van der Waals surface area contributed by atoms with Crippen LogP contribution in [0.15, 0.2) is 36.5 Å². The third-order valence-corrected chi connectivity index (χ3v) is 4.31. The standard InChI is InChI=1S/C15H13N5S/c1-2-11-10-6-5-9(8-13(10)21-20-11)17-15-14-12(18-19-15)4-3-7-16-14/h3-8H,2H2,1H3,(H2,17,18,19). The molecule has 0 amide bonds. The summed E-state index contributed by atoms with van der Waals surface area (Å²) in [6.45, 7) is 2.13. The van der Waals surface area contributed by atoms with E-state index in [0.29, 0.717) is 0 Å². The van der Waals surface area contributed by atoms with Crippen LogP contribution in [0.3, 0.4) is 0 Å². The molecule has 0 spiro atoms. The van der Waals surface area contributed by atoms with Gasteiger partial charge in [0.05, 0.1) is 15.9 Å². The predicted molar refractivity (Wildman–Crippen MR) is 86.2 cm³/mol. The summed E-state index contributed by atoms with van der Waals surface area (Å²) in [5.74, 6) is 0.741. The number of fused-ring (bicyclic) bond motifs is 2. The van der Waals surface area contributed by atoms with E-state index in [2.05, 4.69) is 50.0 Å². The molecule has 4 rings (SSSR count). The second kappa shape index (κ2) is 4.82. The summed E-state index contributed by atoms with van der Waals surface area (Å²) in [6.07, 6.45) is 2.73. The van der Waals surface area contributed by atoms with Gasteiger partial charge in [-0.2, -0.15) is 9.47 Å². The van der Waals surface area contributed by atoms with Crippen LogP contribution in [-0.2, 0) is 6.42 Å². The largest absolute Gasteiger partial charge is 0.337 e. The Morgan fingerprint density at radius 3 is 3.14 bits per heavy atom. The molecule has 0 saturated carbocycles. The fourth-order valence-corrected chi connectivity index (χ4v) is 3.30. The van der Waals surface area contributed by atoms with E-state index in [-0.39, 0.29) is 0 Å². The molecule has 2 N–H and O–H groups in total. The smallest absolute Gasteiger partial charge is 0.178 e. The fourth-order valence-electron chi connectivity index (χ4n) is 2.40. The van der Waals surface area contributed by atoms with Crippen molar-refractivity contribution in [3.63, 3.8) is 0 Å². The highest BCUT2D eigenvalue weighted by atomic mass is 32.1. The van der Waals surface area contributed by atoms with Crippen LogP contribution < -0.4 is 5.32 Å². The molecule has 4 aromatic rings. The van der Waals surface area contributed by atoms with Crippen molar-refractivity contribution in [3.05, 3.63) is 42.2 Å². The Morgan fingerprint density at radius 2 is 2.24 bits per heavy atom. The van der Waals surface area contributed by atoms with E-state index in [4.69, 9.17) is 0 Å². The summed E-state index contributed by atoms with van der Waals surface area (Å²) >= 11 is 1.54. The van der Waals surface area contributed by atoms with Crippen LogP contribution in [0.1, 0.15) is 12.6 Å². The van der Waals surface area contributed by atoms with Crippen molar-refractivity contribution in [1.29, 1.82) is 0 Å². The number of hydrogen-bond donors (Lipinski definition) is 2. The number of anilines is 2. The monoisotopic (exact) mass is 295 g/mol. The van der Waals surface area contributed by atoms with Crippen LogP contribution in [0, 0.1) is 0 Å². The van der Waals surface area contributed by atoms with Crippen molar-refractivity contribution in [2.24, 2.45) is 0 Å².